The molecule has 56 heavy (non-hydrogen) atoms. The molecule has 2 bridgehead atoms. The van der Waals surface area contributed by atoms with E-state index in [1.54, 1.807) is 48.8 Å². The van der Waals surface area contributed by atoms with E-state index in [0.29, 0.717) is 40.1 Å². The number of ether oxygens (including phenoxy) is 1. The molecule has 0 radical (unpaired) electrons. The summed E-state index contributed by atoms with van der Waals surface area (Å²) in [4.78, 5) is 80.8. The smallest absolute Gasteiger partial charge is 0.264 e. The molecule has 15 nitrogen and oxygen atoms in total. The lowest BCUT2D eigenvalue weighted by molar-refractivity contribution is -0.136. The normalized spacial score (nSPS) is 23.5. The number of nitrogens with one attached hydrogen (secondary N) is 2. The molecule has 2 aromatic carbocycles. The fourth-order valence-corrected chi connectivity index (χ4v) is 8.88. The predicted molar refractivity (Wildman–Crippen MR) is 204 cm³/mol. The molecule has 2 unspecified atom stereocenters. The number of anilines is 2. The molecular formula is C40H42ClN9O6. The topological polar surface area (TPSA) is 181 Å². The quantitative estimate of drug-likeness (QED) is 0.214. The Balaban J connectivity index is 0.768. The van der Waals surface area contributed by atoms with Crippen LogP contribution in [0.3, 0.4) is 0 Å². The number of nitriles is 1. The molecule has 2 N–H and O–H groups in total. The minimum atomic E-state index is -0.997. The monoisotopic (exact) mass is 779 g/mol. The van der Waals surface area contributed by atoms with Gasteiger partial charge in [-0.25, -0.2) is 9.97 Å². The minimum absolute atomic E-state index is 0.0358. The largest absolute Gasteiger partial charge is 0.490 e. The number of benzene rings is 2. The molecular weight excluding hydrogens is 738 g/mol. The van der Waals surface area contributed by atoms with Gasteiger partial charge in [-0.3, -0.25) is 39.1 Å². The fraction of sp³-hybridized carbons (Fsp3) is 0.450. The number of carbonyl (C=O) groups is 5. The third kappa shape index (κ3) is 7.38. The zero-order valence-corrected chi connectivity index (χ0v) is 31.5. The van der Waals surface area contributed by atoms with Crippen LogP contribution in [0.2, 0.25) is 5.02 Å². The number of unbranched alkanes of at least 4 members (excludes halogenated alkanes) is 1. The third-order valence-electron chi connectivity index (χ3n) is 11.5. The van der Waals surface area contributed by atoms with E-state index < -0.39 is 29.7 Å². The number of rotatable bonds is 11. The van der Waals surface area contributed by atoms with E-state index in [1.807, 2.05) is 4.90 Å². The van der Waals surface area contributed by atoms with E-state index in [1.165, 1.54) is 0 Å². The Hall–Kier alpha value is -5.59. The van der Waals surface area contributed by atoms with Crippen LogP contribution < -0.4 is 20.3 Å². The van der Waals surface area contributed by atoms with Gasteiger partial charge < -0.3 is 19.9 Å². The summed E-state index contributed by atoms with van der Waals surface area (Å²) in [5.74, 6) is -0.873. The summed E-state index contributed by atoms with van der Waals surface area (Å²) in [5.41, 5.74) is 1.98. The van der Waals surface area contributed by atoms with Gasteiger partial charge in [-0.05, 0) is 62.9 Å². The molecule has 4 atom stereocenters. The van der Waals surface area contributed by atoms with Gasteiger partial charge in [0.15, 0.2) is 0 Å². The molecule has 290 valence electrons. The van der Waals surface area contributed by atoms with Gasteiger partial charge >= 0.3 is 0 Å². The number of piperidine rings is 2. The average Bonchev–Trinajstić information content (AvgIpc) is 3.62. The molecule has 5 aliphatic rings. The lowest BCUT2D eigenvalue weighted by atomic mass is 9.98. The minimum Gasteiger partial charge on any atom is -0.490 e. The second-order valence-electron chi connectivity index (χ2n) is 15.0. The number of hydrogen-bond acceptors (Lipinski definition) is 12. The van der Waals surface area contributed by atoms with Crippen molar-refractivity contribution in [2.24, 2.45) is 0 Å². The molecule has 4 fully saturated rings. The average molecular weight is 780 g/mol. The molecule has 3 aromatic rings. The van der Waals surface area contributed by atoms with Gasteiger partial charge in [-0.15, -0.1) is 0 Å². The van der Waals surface area contributed by atoms with Gasteiger partial charge in [0.25, 0.3) is 17.7 Å². The van der Waals surface area contributed by atoms with Gasteiger partial charge in [0, 0.05) is 88.2 Å². The number of halogens is 1. The van der Waals surface area contributed by atoms with Crippen LogP contribution in [0.25, 0.3) is 0 Å². The zero-order chi connectivity index (χ0) is 38.9. The molecule has 16 heteroatoms. The van der Waals surface area contributed by atoms with Crippen molar-refractivity contribution in [1.29, 1.82) is 5.26 Å². The van der Waals surface area contributed by atoms with E-state index in [2.05, 4.69) is 36.5 Å². The van der Waals surface area contributed by atoms with Crippen molar-refractivity contribution in [2.75, 3.05) is 49.5 Å². The first-order chi connectivity index (χ1) is 27.2. The van der Waals surface area contributed by atoms with Gasteiger partial charge in [0.2, 0.25) is 17.8 Å². The Morgan fingerprint density at radius 1 is 0.964 bits per heavy atom. The van der Waals surface area contributed by atoms with Crippen molar-refractivity contribution < 1.29 is 28.7 Å². The number of imide groups is 2. The number of aromatic nitrogens is 2. The lowest BCUT2D eigenvalue weighted by Crippen LogP contribution is -2.54. The SMILES string of the molecule is N#Cc1ccc(OC2C[C@H]3CC[C@@H](C2)N3C(=O)c2cnc(N3CCN(CCCCNc4cccc5c4C(=O)N(C4CCC(=O)NC4=O)C5=O)CC3)nc2)cc1Cl. The molecule has 5 amide bonds. The van der Waals surface area contributed by atoms with Crippen molar-refractivity contribution in [1.82, 2.24) is 30.0 Å². The summed E-state index contributed by atoms with van der Waals surface area (Å²) in [6.45, 7) is 4.75. The first-order valence-corrected chi connectivity index (χ1v) is 19.6. The second kappa shape index (κ2) is 15.9. The summed E-state index contributed by atoms with van der Waals surface area (Å²) >= 11 is 6.20. The van der Waals surface area contributed by atoms with Crippen LogP contribution in [0.5, 0.6) is 5.75 Å². The Bertz CT molecular complexity index is 2090. The highest BCUT2D eigenvalue weighted by molar-refractivity contribution is 6.31. The Morgan fingerprint density at radius 2 is 1.71 bits per heavy atom. The molecule has 0 spiro atoms. The number of fused-ring (bicyclic) bond motifs is 3. The Morgan fingerprint density at radius 3 is 2.41 bits per heavy atom. The van der Waals surface area contributed by atoms with Gasteiger partial charge in [0.1, 0.15) is 24.0 Å². The van der Waals surface area contributed by atoms with Crippen molar-refractivity contribution >= 4 is 52.8 Å². The van der Waals surface area contributed by atoms with Crippen molar-refractivity contribution in [3.8, 4) is 11.8 Å². The first-order valence-electron chi connectivity index (χ1n) is 19.2. The van der Waals surface area contributed by atoms with Crippen LogP contribution in [0.4, 0.5) is 11.6 Å². The Kier molecular flexibility index (Phi) is 10.6. The maximum Gasteiger partial charge on any atom is 0.264 e. The third-order valence-corrected chi connectivity index (χ3v) is 11.8. The van der Waals surface area contributed by atoms with Gasteiger partial charge in [0.05, 0.1) is 27.3 Å². The fourth-order valence-electron chi connectivity index (χ4n) is 8.67. The van der Waals surface area contributed by atoms with Crippen LogP contribution >= 0.6 is 11.6 Å². The van der Waals surface area contributed by atoms with Crippen LogP contribution in [0.1, 0.15) is 88.0 Å². The second-order valence-corrected chi connectivity index (χ2v) is 15.4. The molecule has 8 rings (SSSR count). The van der Waals surface area contributed by atoms with Crippen LogP contribution in [-0.2, 0) is 9.59 Å². The predicted octanol–water partition coefficient (Wildman–Crippen LogP) is 3.63. The van der Waals surface area contributed by atoms with E-state index in [-0.39, 0.29) is 48.1 Å². The van der Waals surface area contributed by atoms with Crippen molar-refractivity contribution in [3.63, 3.8) is 0 Å². The number of nitrogens with zero attached hydrogens (tertiary/aromatic N) is 7. The lowest BCUT2D eigenvalue weighted by Gasteiger charge is -2.39. The highest BCUT2D eigenvalue weighted by Gasteiger charge is 2.46. The zero-order valence-electron chi connectivity index (χ0n) is 30.8. The molecule has 6 heterocycles. The number of piperazine rings is 1. The number of hydrogen-bond donors (Lipinski definition) is 2. The summed E-state index contributed by atoms with van der Waals surface area (Å²) in [6.07, 6.45) is 8.52. The van der Waals surface area contributed by atoms with E-state index in [0.717, 1.165) is 76.1 Å². The molecule has 4 saturated heterocycles. The van der Waals surface area contributed by atoms with Gasteiger partial charge in [-0.1, -0.05) is 17.7 Å². The number of carbonyl (C=O) groups excluding carboxylic acids is 5. The molecule has 5 aliphatic heterocycles. The van der Waals surface area contributed by atoms with E-state index in [9.17, 15) is 24.0 Å². The van der Waals surface area contributed by atoms with Gasteiger partial charge in [-0.2, -0.15) is 5.26 Å². The molecule has 0 saturated carbocycles. The van der Waals surface area contributed by atoms with Crippen LogP contribution in [0, 0.1) is 11.3 Å². The summed E-state index contributed by atoms with van der Waals surface area (Å²) in [5, 5.41) is 15.1. The number of amides is 5. The maximum atomic E-state index is 13.6. The maximum absolute atomic E-state index is 13.6. The van der Waals surface area contributed by atoms with E-state index in [4.69, 9.17) is 21.6 Å². The summed E-state index contributed by atoms with van der Waals surface area (Å²) in [7, 11) is 0. The van der Waals surface area contributed by atoms with Crippen LogP contribution in [-0.4, -0.2) is 118 Å². The first kappa shape index (κ1) is 37.3. The highest BCUT2D eigenvalue weighted by Crippen LogP contribution is 2.39. The Labute approximate surface area is 328 Å². The molecule has 1 aromatic heterocycles. The highest BCUT2D eigenvalue weighted by atomic mass is 35.5. The van der Waals surface area contributed by atoms with E-state index >= 15 is 0 Å². The summed E-state index contributed by atoms with van der Waals surface area (Å²) in [6, 6.07) is 11.4. The van der Waals surface area contributed by atoms with Crippen molar-refractivity contribution in [2.45, 2.75) is 75.6 Å². The molecule has 0 aliphatic carbocycles. The van der Waals surface area contributed by atoms with Crippen LogP contribution in [0.15, 0.2) is 48.8 Å². The summed E-state index contributed by atoms with van der Waals surface area (Å²) < 4.78 is 6.23. The van der Waals surface area contributed by atoms with Crippen molar-refractivity contribution in [3.05, 3.63) is 76.1 Å². The standard InChI is InChI=1S/C40H42ClN9O6/c41-31-20-28(9-6-24(31)21-42)56-29-18-26-7-8-27(19-29)49(26)37(53)25-22-44-40(45-23-25)48-16-14-47(15-17-48)13-2-1-12-43-32-5-3-4-30-35(32)39(55)50(38(30)54)33-10-11-34(51)46-36(33)52/h3-6,9,20,22-23,26-27,29,33,43H,1-2,7-8,10-19H2,(H,46,51,52)/t26-,27+,29?,33?.